The molecule has 1 aromatic carbocycles. The van der Waals surface area contributed by atoms with Crippen molar-refractivity contribution in [2.45, 2.75) is 27.3 Å². The first kappa shape index (κ1) is 24.9. The number of hydrogen-bond acceptors (Lipinski definition) is 7. The predicted octanol–water partition coefficient (Wildman–Crippen LogP) is 5.06. The quantitative estimate of drug-likeness (QED) is 0.324. The number of nitrogens with zero attached hydrogens (tertiary/aromatic N) is 2. The van der Waals surface area contributed by atoms with E-state index in [1.54, 1.807) is 6.92 Å². The second-order valence-corrected chi connectivity index (χ2v) is 9.50. The van der Waals surface area contributed by atoms with Gasteiger partial charge in [-0.2, -0.15) is 5.10 Å². The molecule has 0 fully saturated rings. The lowest BCUT2D eigenvalue weighted by Gasteiger charge is -2.11. The Labute approximate surface area is 209 Å². The number of aromatic nitrogens is 2. The predicted molar refractivity (Wildman–Crippen MR) is 137 cm³/mol. The van der Waals surface area contributed by atoms with Crippen molar-refractivity contribution < 1.29 is 19.1 Å². The Morgan fingerprint density at radius 2 is 1.73 bits per heavy atom. The third-order valence-electron chi connectivity index (χ3n) is 5.00. The van der Waals surface area contributed by atoms with Crippen LogP contribution in [0.15, 0.2) is 28.7 Å². The maximum Gasteiger partial charge on any atom is 0.348 e. The van der Waals surface area contributed by atoms with Gasteiger partial charge in [0.25, 0.3) is 0 Å². The number of nitrogens with one attached hydrogen (secondary N) is 2. The molecule has 2 heterocycles. The molecule has 8 nitrogen and oxygen atoms in total. The highest BCUT2D eigenvalue weighted by atomic mass is 79.9. The SMILES string of the molecule is COC(=O)c1sc(NC(=S)Nc2c(C)nn(Cc3ccc(Br)cc3)c2C)c(C(=O)OC)c1C. The third kappa shape index (κ3) is 5.43. The summed E-state index contributed by atoms with van der Waals surface area (Å²) in [7, 11) is 2.57. The van der Waals surface area contributed by atoms with Crippen LogP contribution in [0, 0.1) is 20.8 Å². The van der Waals surface area contributed by atoms with Crippen LogP contribution in [0.1, 0.15) is 42.5 Å². The normalized spacial score (nSPS) is 10.6. The zero-order valence-corrected chi connectivity index (χ0v) is 22.0. The number of esters is 2. The second-order valence-electron chi connectivity index (χ2n) is 7.15. The van der Waals surface area contributed by atoms with Crippen molar-refractivity contribution in [3.8, 4) is 0 Å². The Morgan fingerprint density at radius 1 is 1.09 bits per heavy atom. The number of aryl methyl sites for hydroxylation is 1. The van der Waals surface area contributed by atoms with Crippen molar-refractivity contribution in [2.75, 3.05) is 24.9 Å². The number of rotatable bonds is 6. The van der Waals surface area contributed by atoms with Crippen LogP contribution >= 0.6 is 39.5 Å². The lowest BCUT2D eigenvalue weighted by Crippen LogP contribution is -2.21. The minimum absolute atomic E-state index is 0.242. The molecule has 0 bridgehead atoms. The molecule has 0 aliphatic carbocycles. The molecule has 11 heteroatoms. The Hall–Kier alpha value is -2.76. The van der Waals surface area contributed by atoms with E-state index >= 15 is 0 Å². The monoisotopic (exact) mass is 550 g/mol. The van der Waals surface area contributed by atoms with Crippen molar-refractivity contribution in [1.29, 1.82) is 0 Å². The fraction of sp³-hybridized carbons (Fsp3) is 0.273. The first-order chi connectivity index (χ1) is 15.7. The van der Waals surface area contributed by atoms with Gasteiger partial charge in [0, 0.05) is 4.47 Å². The molecule has 0 aliphatic heterocycles. The van der Waals surface area contributed by atoms with Crippen molar-refractivity contribution >= 4 is 67.2 Å². The Kier molecular flexibility index (Phi) is 7.88. The van der Waals surface area contributed by atoms with Gasteiger partial charge in [0.2, 0.25) is 0 Å². The van der Waals surface area contributed by atoms with Gasteiger partial charge in [0.05, 0.1) is 43.4 Å². The van der Waals surface area contributed by atoms with Crippen molar-refractivity contribution in [1.82, 2.24) is 9.78 Å². The second kappa shape index (κ2) is 10.4. The molecule has 33 heavy (non-hydrogen) atoms. The molecule has 174 valence electrons. The van der Waals surface area contributed by atoms with E-state index < -0.39 is 11.9 Å². The van der Waals surface area contributed by atoms with Crippen LogP contribution in [-0.4, -0.2) is 41.1 Å². The number of carbonyl (C=O) groups excluding carboxylic acids is 2. The van der Waals surface area contributed by atoms with E-state index in [1.807, 2.05) is 42.8 Å². The van der Waals surface area contributed by atoms with Crippen molar-refractivity contribution in [3.05, 3.63) is 61.7 Å². The van der Waals surface area contributed by atoms with Gasteiger partial charge in [-0.15, -0.1) is 11.3 Å². The topological polar surface area (TPSA) is 94.5 Å². The van der Waals surface area contributed by atoms with Gasteiger partial charge < -0.3 is 20.1 Å². The lowest BCUT2D eigenvalue weighted by molar-refractivity contribution is 0.0601. The average Bonchev–Trinajstić information content (AvgIpc) is 3.24. The molecular weight excluding hydrogens is 528 g/mol. The fourth-order valence-electron chi connectivity index (χ4n) is 3.28. The number of hydrogen-bond donors (Lipinski definition) is 2. The van der Waals surface area contributed by atoms with Gasteiger partial charge in [-0.1, -0.05) is 28.1 Å². The molecule has 0 unspecified atom stereocenters. The Balaban J connectivity index is 1.83. The zero-order valence-electron chi connectivity index (χ0n) is 18.7. The molecule has 3 rings (SSSR count). The van der Waals surface area contributed by atoms with Gasteiger partial charge >= 0.3 is 11.9 Å². The highest BCUT2D eigenvalue weighted by Gasteiger charge is 2.26. The van der Waals surface area contributed by atoms with E-state index in [1.165, 1.54) is 14.2 Å². The average molecular weight is 551 g/mol. The number of thiophene rings is 1. The number of carbonyl (C=O) groups is 2. The number of anilines is 2. The first-order valence-corrected chi connectivity index (χ1v) is 11.8. The maximum absolute atomic E-state index is 12.3. The van der Waals surface area contributed by atoms with Crippen LogP contribution in [0.25, 0.3) is 0 Å². The van der Waals surface area contributed by atoms with Gasteiger partial charge in [-0.3, -0.25) is 4.68 Å². The maximum atomic E-state index is 12.3. The smallest absolute Gasteiger partial charge is 0.348 e. The van der Waals surface area contributed by atoms with Crippen molar-refractivity contribution in [2.24, 2.45) is 0 Å². The largest absolute Gasteiger partial charge is 0.465 e. The third-order valence-corrected chi connectivity index (χ3v) is 6.92. The summed E-state index contributed by atoms with van der Waals surface area (Å²) in [5.41, 5.74) is 4.28. The molecule has 2 aromatic heterocycles. The van der Waals surface area contributed by atoms with Crippen LogP contribution in [0.3, 0.4) is 0 Å². The summed E-state index contributed by atoms with van der Waals surface area (Å²) >= 11 is 10.0. The molecular formula is C22H23BrN4O4S2. The molecule has 0 aliphatic rings. The lowest BCUT2D eigenvalue weighted by atomic mass is 10.1. The fourth-order valence-corrected chi connectivity index (χ4v) is 4.93. The summed E-state index contributed by atoms with van der Waals surface area (Å²) in [6.07, 6.45) is 0. The van der Waals surface area contributed by atoms with E-state index in [4.69, 9.17) is 21.7 Å². The van der Waals surface area contributed by atoms with Gasteiger partial charge in [0.1, 0.15) is 9.88 Å². The zero-order chi connectivity index (χ0) is 24.3. The van der Waals surface area contributed by atoms with E-state index in [9.17, 15) is 9.59 Å². The summed E-state index contributed by atoms with van der Waals surface area (Å²) in [6.45, 7) is 6.12. The highest BCUT2D eigenvalue weighted by Crippen LogP contribution is 2.34. The molecule has 0 spiro atoms. The van der Waals surface area contributed by atoms with Gasteiger partial charge in [-0.25, -0.2) is 9.59 Å². The first-order valence-electron chi connectivity index (χ1n) is 9.82. The number of halogens is 1. The summed E-state index contributed by atoms with van der Waals surface area (Å²) in [6, 6.07) is 8.05. The minimum atomic E-state index is -0.570. The van der Waals surface area contributed by atoms with E-state index in [-0.39, 0.29) is 10.7 Å². The number of methoxy groups -OCH3 is 2. The highest BCUT2D eigenvalue weighted by molar-refractivity contribution is 9.10. The molecule has 0 amide bonds. The summed E-state index contributed by atoms with van der Waals surface area (Å²) in [4.78, 5) is 24.7. The van der Waals surface area contributed by atoms with E-state index in [0.717, 1.165) is 38.4 Å². The molecule has 2 N–H and O–H groups in total. The standard InChI is InChI=1S/C22H23BrN4O4S2/c1-11-16(20(28)30-4)19(33-18(11)21(29)31-5)25-22(32)24-17-12(2)26-27(13(17)3)10-14-6-8-15(23)9-7-14/h6-9H,10H2,1-5H3,(H2,24,25,32). The summed E-state index contributed by atoms with van der Waals surface area (Å²) in [5, 5.41) is 11.5. The molecule has 3 aromatic rings. The van der Waals surface area contributed by atoms with Crippen LogP contribution in [0.2, 0.25) is 0 Å². The van der Waals surface area contributed by atoms with Crippen LogP contribution < -0.4 is 10.6 Å². The Bertz CT molecular complexity index is 1220. The van der Waals surface area contributed by atoms with Crippen molar-refractivity contribution in [3.63, 3.8) is 0 Å². The molecule has 0 radical (unpaired) electrons. The number of ether oxygens (including phenoxy) is 2. The number of thiocarbonyl (C=S) groups is 1. The van der Waals surface area contributed by atoms with Gasteiger partial charge in [-0.05, 0) is 56.2 Å². The van der Waals surface area contributed by atoms with Crippen LogP contribution in [0.5, 0.6) is 0 Å². The molecule has 0 saturated heterocycles. The summed E-state index contributed by atoms with van der Waals surface area (Å²) < 4.78 is 12.6. The number of benzene rings is 1. The van der Waals surface area contributed by atoms with Gasteiger partial charge in [0.15, 0.2) is 5.11 Å². The molecule has 0 saturated carbocycles. The summed E-state index contributed by atoms with van der Waals surface area (Å²) in [5.74, 6) is -1.10. The van der Waals surface area contributed by atoms with E-state index in [0.29, 0.717) is 22.0 Å². The van der Waals surface area contributed by atoms with Crippen LogP contribution in [-0.2, 0) is 16.0 Å². The van der Waals surface area contributed by atoms with E-state index in [2.05, 4.69) is 31.7 Å². The minimum Gasteiger partial charge on any atom is -0.465 e. The van der Waals surface area contributed by atoms with Crippen LogP contribution in [0.4, 0.5) is 10.7 Å². The molecule has 0 atom stereocenters. The Morgan fingerprint density at radius 3 is 2.33 bits per heavy atom.